The first kappa shape index (κ1) is 16.2. The van der Waals surface area contributed by atoms with Gasteiger partial charge in [-0.2, -0.15) is 0 Å². The molecule has 1 heterocycles. The van der Waals surface area contributed by atoms with Gasteiger partial charge in [-0.25, -0.2) is 0 Å². The molecule has 0 aromatic rings. The maximum absolute atomic E-state index is 6.07. The van der Waals surface area contributed by atoms with Gasteiger partial charge in [0.2, 0.25) is 0 Å². The van der Waals surface area contributed by atoms with Gasteiger partial charge in [-0.3, -0.25) is 0 Å². The standard InChI is InChI=1S/C13H28N2.ClH/c1-11(2)8-12-6-5-7-15(9-12)10-13(3,4)14;/h11-12H,5-10,14H2,1-4H3;1H. The third kappa shape index (κ3) is 6.72. The van der Waals surface area contributed by atoms with Crippen LogP contribution in [0.2, 0.25) is 0 Å². The second-order valence-electron chi connectivity index (χ2n) is 6.36. The Balaban J connectivity index is 0.00000225. The highest BCUT2D eigenvalue weighted by Crippen LogP contribution is 2.23. The van der Waals surface area contributed by atoms with E-state index in [0.717, 1.165) is 18.4 Å². The second-order valence-corrected chi connectivity index (χ2v) is 6.36. The number of halogens is 1. The van der Waals surface area contributed by atoms with Gasteiger partial charge in [-0.15, -0.1) is 12.4 Å². The van der Waals surface area contributed by atoms with Gasteiger partial charge in [-0.05, 0) is 51.5 Å². The van der Waals surface area contributed by atoms with Gasteiger partial charge in [0.1, 0.15) is 0 Å². The topological polar surface area (TPSA) is 29.3 Å². The quantitative estimate of drug-likeness (QED) is 0.829. The fourth-order valence-electron chi connectivity index (χ4n) is 2.73. The smallest absolute Gasteiger partial charge is 0.0226 e. The average molecular weight is 249 g/mol. The molecule has 0 radical (unpaired) electrons. The van der Waals surface area contributed by atoms with Crippen molar-refractivity contribution in [3.63, 3.8) is 0 Å². The molecule has 1 saturated heterocycles. The normalized spacial score (nSPS) is 23.2. The predicted octanol–water partition coefficient (Wildman–Crippen LogP) is 2.90. The van der Waals surface area contributed by atoms with Crippen molar-refractivity contribution in [2.24, 2.45) is 17.6 Å². The van der Waals surface area contributed by atoms with Gasteiger partial charge >= 0.3 is 0 Å². The van der Waals surface area contributed by atoms with E-state index >= 15 is 0 Å². The number of likely N-dealkylation sites (tertiary alicyclic amines) is 1. The van der Waals surface area contributed by atoms with Gasteiger partial charge < -0.3 is 10.6 Å². The second kappa shape index (κ2) is 6.83. The van der Waals surface area contributed by atoms with Crippen LogP contribution in [0.1, 0.15) is 47.0 Å². The molecule has 0 aromatic carbocycles. The van der Waals surface area contributed by atoms with Crippen molar-refractivity contribution in [3.8, 4) is 0 Å². The Bertz CT molecular complexity index is 187. The maximum atomic E-state index is 6.07. The maximum Gasteiger partial charge on any atom is 0.0226 e. The number of rotatable bonds is 4. The Hall–Kier alpha value is 0.210. The zero-order valence-electron chi connectivity index (χ0n) is 11.3. The van der Waals surface area contributed by atoms with E-state index in [1.54, 1.807) is 0 Å². The minimum Gasteiger partial charge on any atom is -0.324 e. The molecule has 2 nitrogen and oxygen atoms in total. The Kier molecular flexibility index (Phi) is 6.92. The fourth-order valence-corrected chi connectivity index (χ4v) is 2.73. The zero-order chi connectivity index (χ0) is 11.5. The average Bonchev–Trinajstić information content (AvgIpc) is 1.99. The highest BCUT2D eigenvalue weighted by Gasteiger charge is 2.24. The van der Waals surface area contributed by atoms with E-state index in [4.69, 9.17) is 5.73 Å². The first-order chi connectivity index (χ1) is 6.87. The monoisotopic (exact) mass is 248 g/mol. The highest BCUT2D eigenvalue weighted by molar-refractivity contribution is 5.85. The molecule has 0 aromatic heterocycles. The molecule has 3 heteroatoms. The number of hydrogen-bond donors (Lipinski definition) is 1. The van der Waals surface area contributed by atoms with E-state index in [0.29, 0.717) is 0 Å². The molecule has 1 rings (SSSR count). The van der Waals surface area contributed by atoms with Crippen LogP contribution in [-0.2, 0) is 0 Å². The van der Waals surface area contributed by atoms with Gasteiger partial charge in [0.05, 0.1) is 0 Å². The van der Waals surface area contributed by atoms with Crippen LogP contribution < -0.4 is 5.73 Å². The summed E-state index contributed by atoms with van der Waals surface area (Å²) in [4.78, 5) is 2.55. The van der Waals surface area contributed by atoms with Crippen molar-refractivity contribution in [2.45, 2.75) is 52.5 Å². The summed E-state index contributed by atoms with van der Waals surface area (Å²) in [6, 6.07) is 0. The van der Waals surface area contributed by atoms with Crippen LogP contribution in [0.4, 0.5) is 0 Å². The molecule has 0 amide bonds. The van der Waals surface area contributed by atoms with E-state index in [2.05, 4.69) is 32.6 Å². The predicted molar refractivity (Wildman–Crippen MR) is 74.1 cm³/mol. The van der Waals surface area contributed by atoms with E-state index in [1.165, 1.54) is 32.4 Å². The summed E-state index contributed by atoms with van der Waals surface area (Å²) in [6.45, 7) is 12.4. The van der Waals surface area contributed by atoms with E-state index in [9.17, 15) is 0 Å². The molecular formula is C13H29ClN2. The van der Waals surface area contributed by atoms with Crippen LogP contribution in [0, 0.1) is 11.8 Å². The molecular weight excluding hydrogens is 220 g/mol. The summed E-state index contributed by atoms with van der Waals surface area (Å²) >= 11 is 0. The van der Waals surface area contributed by atoms with Gasteiger partial charge in [0.25, 0.3) is 0 Å². The minimum atomic E-state index is -0.0419. The Morgan fingerprint density at radius 2 is 2.00 bits per heavy atom. The molecule has 0 aliphatic carbocycles. The van der Waals surface area contributed by atoms with Crippen molar-refractivity contribution < 1.29 is 0 Å². The summed E-state index contributed by atoms with van der Waals surface area (Å²) in [7, 11) is 0. The van der Waals surface area contributed by atoms with Crippen molar-refractivity contribution >= 4 is 12.4 Å². The third-order valence-corrected chi connectivity index (χ3v) is 3.04. The number of piperidine rings is 1. The lowest BCUT2D eigenvalue weighted by atomic mass is 9.89. The fraction of sp³-hybridized carbons (Fsp3) is 1.00. The van der Waals surface area contributed by atoms with Crippen molar-refractivity contribution in [1.29, 1.82) is 0 Å². The molecule has 1 atom stereocenters. The lowest BCUT2D eigenvalue weighted by Gasteiger charge is -2.37. The summed E-state index contributed by atoms with van der Waals surface area (Å²) in [5.41, 5.74) is 6.03. The number of nitrogens with zero attached hydrogens (tertiary/aromatic N) is 1. The van der Waals surface area contributed by atoms with Crippen LogP contribution in [-0.4, -0.2) is 30.1 Å². The lowest BCUT2D eigenvalue weighted by Crippen LogP contribution is -2.48. The van der Waals surface area contributed by atoms with Crippen molar-refractivity contribution in [1.82, 2.24) is 4.90 Å². The third-order valence-electron chi connectivity index (χ3n) is 3.04. The zero-order valence-corrected chi connectivity index (χ0v) is 12.1. The number of nitrogens with two attached hydrogens (primary N) is 1. The van der Waals surface area contributed by atoms with Gasteiger partial charge in [0, 0.05) is 18.6 Å². The molecule has 0 saturated carbocycles. The molecule has 1 aliphatic heterocycles. The molecule has 1 aliphatic rings. The molecule has 1 unspecified atom stereocenters. The number of hydrogen-bond acceptors (Lipinski definition) is 2. The minimum absolute atomic E-state index is 0. The van der Waals surface area contributed by atoms with Crippen molar-refractivity contribution in [2.75, 3.05) is 19.6 Å². The van der Waals surface area contributed by atoms with Gasteiger partial charge in [0.15, 0.2) is 0 Å². The molecule has 2 N–H and O–H groups in total. The van der Waals surface area contributed by atoms with Crippen LogP contribution in [0.15, 0.2) is 0 Å². The molecule has 0 bridgehead atoms. The summed E-state index contributed by atoms with van der Waals surface area (Å²) < 4.78 is 0. The van der Waals surface area contributed by atoms with Crippen LogP contribution in [0.25, 0.3) is 0 Å². The van der Waals surface area contributed by atoms with Crippen LogP contribution in [0.3, 0.4) is 0 Å². The Labute approximate surface area is 107 Å². The lowest BCUT2D eigenvalue weighted by molar-refractivity contribution is 0.137. The molecule has 0 spiro atoms. The van der Waals surface area contributed by atoms with E-state index < -0.39 is 0 Å². The first-order valence-corrected chi connectivity index (χ1v) is 6.38. The SMILES string of the molecule is CC(C)CC1CCCN(CC(C)(C)N)C1.Cl. The van der Waals surface area contributed by atoms with E-state index in [-0.39, 0.29) is 17.9 Å². The first-order valence-electron chi connectivity index (χ1n) is 6.38. The summed E-state index contributed by atoms with van der Waals surface area (Å²) in [6.07, 6.45) is 4.15. The van der Waals surface area contributed by atoms with Crippen LogP contribution in [0.5, 0.6) is 0 Å². The Morgan fingerprint density at radius 3 is 2.50 bits per heavy atom. The molecule has 16 heavy (non-hydrogen) atoms. The highest BCUT2D eigenvalue weighted by atomic mass is 35.5. The van der Waals surface area contributed by atoms with E-state index in [1.807, 2.05) is 0 Å². The Morgan fingerprint density at radius 1 is 1.38 bits per heavy atom. The largest absolute Gasteiger partial charge is 0.324 e. The van der Waals surface area contributed by atoms with Crippen molar-refractivity contribution in [3.05, 3.63) is 0 Å². The molecule has 98 valence electrons. The van der Waals surface area contributed by atoms with Gasteiger partial charge in [-0.1, -0.05) is 13.8 Å². The summed E-state index contributed by atoms with van der Waals surface area (Å²) in [5, 5.41) is 0. The molecule has 1 fully saturated rings. The van der Waals surface area contributed by atoms with Crippen LogP contribution >= 0.6 is 12.4 Å². The summed E-state index contributed by atoms with van der Waals surface area (Å²) in [5.74, 6) is 1.74.